The van der Waals surface area contributed by atoms with Crippen LogP contribution < -0.4 is 10.1 Å². The Bertz CT molecular complexity index is 1120. The first-order chi connectivity index (χ1) is 14.2. The van der Waals surface area contributed by atoms with Gasteiger partial charge in [0.05, 0.1) is 12.5 Å². The summed E-state index contributed by atoms with van der Waals surface area (Å²) in [6.07, 6.45) is 1.60. The summed E-state index contributed by atoms with van der Waals surface area (Å²) in [6.45, 7) is 5.09. The van der Waals surface area contributed by atoms with Gasteiger partial charge in [-0.25, -0.2) is 9.97 Å². The average Bonchev–Trinajstić information content (AvgIpc) is 3.02. The third-order valence-corrected chi connectivity index (χ3v) is 6.26. The van der Waals surface area contributed by atoms with Crippen LogP contribution in [0.4, 0.5) is 5.82 Å². The molecule has 0 unspecified atom stereocenters. The fourth-order valence-electron chi connectivity index (χ4n) is 3.50. The summed E-state index contributed by atoms with van der Waals surface area (Å²) in [5, 5.41) is 4.71. The molecule has 4 nitrogen and oxygen atoms in total. The van der Waals surface area contributed by atoms with Crippen molar-refractivity contribution in [2.24, 2.45) is 0 Å². The van der Waals surface area contributed by atoms with Gasteiger partial charge in [0.2, 0.25) is 0 Å². The Hall–Kier alpha value is -2.92. The lowest BCUT2D eigenvalue weighted by molar-refractivity contribution is 0.410. The number of anilines is 1. The molecule has 0 fully saturated rings. The summed E-state index contributed by atoms with van der Waals surface area (Å²) in [5.41, 5.74) is 3.67. The second kappa shape index (κ2) is 8.62. The molecule has 2 heterocycles. The number of hydrogen-bond acceptors (Lipinski definition) is 5. The number of nitrogens with zero attached hydrogens (tertiary/aromatic N) is 2. The number of rotatable bonds is 7. The molecule has 0 aliphatic carbocycles. The predicted molar refractivity (Wildman–Crippen MR) is 121 cm³/mol. The molecule has 0 aliphatic rings. The summed E-state index contributed by atoms with van der Waals surface area (Å²) >= 11 is 1.74. The van der Waals surface area contributed by atoms with Crippen LogP contribution in [0.25, 0.3) is 10.2 Å². The number of aryl methyl sites for hydroxylation is 2. The van der Waals surface area contributed by atoms with Gasteiger partial charge in [-0.15, -0.1) is 11.3 Å². The SMILES string of the molecule is COc1ccccc1CCNc1nc(Cc2ccccc2)nc2sc(C)c(C)c12. The molecule has 148 valence electrons. The van der Waals surface area contributed by atoms with E-state index in [1.165, 1.54) is 21.6 Å². The quantitative estimate of drug-likeness (QED) is 0.439. The maximum Gasteiger partial charge on any atom is 0.138 e. The fourth-order valence-corrected chi connectivity index (χ4v) is 4.55. The van der Waals surface area contributed by atoms with E-state index in [2.05, 4.69) is 49.5 Å². The van der Waals surface area contributed by atoms with E-state index in [0.717, 1.165) is 47.0 Å². The summed E-state index contributed by atoms with van der Waals surface area (Å²) in [5.74, 6) is 2.71. The summed E-state index contributed by atoms with van der Waals surface area (Å²) < 4.78 is 5.47. The van der Waals surface area contributed by atoms with Gasteiger partial charge in [0.25, 0.3) is 0 Å². The Kier molecular flexibility index (Phi) is 5.76. The van der Waals surface area contributed by atoms with E-state index < -0.39 is 0 Å². The zero-order valence-corrected chi connectivity index (χ0v) is 17.8. The minimum absolute atomic E-state index is 0.730. The molecule has 2 aromatic carbocycles. The number of para-hydroxylation sites is 1. The van der Waals surface area contributed by atoms with Gasteiger partial charge in [-0.05, 0) is 43.0 Å². The third kappa shape index (κ3) is 4.25. The molecule has 0 saturated carbocycles. The lowest BCUT2D eigenvalue weighted by Crippen LogP contribution is -2.09. The Morgan fingerprint density at radius 1 is 0.966 bits per heavy atom. The normalized spacial score (nSPS) is 11.0. The number of ether oxygens (including phenoxy) is 1. The molecule has 0 atom stereocenters. The van der Waals surface area contributed by atoms with Gasteiger partial charge in [0.1, 0.15) is 22.2 Å². The van der Waals surface area contributed by atoms with Crippen molar-refractivity contribution in [3.05, 3.63) is 82.0 Å². The van der Waals surface area contributed by atoms with Crippen molar-refractivity contribution in [2.45, 2.75) is 26.7 Å². The molecule has 0 amide bonds. The van der Waals surface area contributed by atoms with Gasteiger partial charge >= 0.3 is 0 Å². The number of fused-ring (bicyclic) bond motifs is 1. The number of hydrogen-bond donors (Lipinski definition) is 1. The van der Waals surface area contributed by atoms with Crippen molar-refractivity contribution in [1.29, 1.82) is 0 Å². The topological polar surface area (TPSA) is 47.0 Å². The summed E-state index contributed by atoms with van der Waals surface area (Å²) in [6, 6.07) is 18.5. The molecule has 0 bridgehead atoms. The van der Waals surface area contributed by atoms with Crippen LogP contribution in [0.15, 0.2) is 54.6 Å². The lowest BCUT2D eigenvalue weighted by Gasteiger charge is -2.12. The van der Waals surface area contributed by atoms with E-state index in [1.807, 2.05) is 24.3 Å². The van der Waals surface area contributed by atoms with E-state index in [-0.39, 0.29) is 0 Å². The van der Waals surface area contributed by atoms with Crippen molar-refractivity contribution in [3.8, 4) is 5.75 Å². The number of thiophene rings is 1. The second-order valence-corrected chi connectivity index (χ2v) is 8.31. The van der Waals surface area contributed by atoms with Crippen LogP contribution in [0, 0.1) is 13.8 Å². The van der Waals surface area contributed by atoms with Crippen LogP contribution >= 0.6 is 11.3 Å². The number of aromatic nitrogens is 2. The van der Waals surface area contributed by atoms with Crippen LogP contribution in [-0.2, 0) is 12.8 Å². The van der Waals surface area contributed by atoms with Gasteiger partial charge in [-0.3, -0.25) is 0 Å². The maximum absolute atomic E-state index is 5.47. The highest BCUT2D eigenvalue weighted by Crippen LogP contribution is 2.33. The Morgan fingerprint density at radius 2 is 1.72 bits per heavy atom. The highest BCUT2D eigenvalue weighted by atomic mass is 32.1. The monoisotopic (exact) mass is 403 g/mol. The van der Waals surface area contributed by atoms with Crippen LogP contribution in [-0.4, -0.2) is 23.6 Å². The van der Waals surface area contributed by atoms with E-state index in [0.29, 0.717) is 0 Å². The van der Waals surface area contributed by atoms with Gasteiger partial charge < -0.3 is 10.1 Å². The van der Waals surface area contributed by atoms with Crippen molar-refractivity contribution < 1.29 is 4.74 Å². The molecule has 29 heavy (non-hydrogen) atoms. The summed E-state index contributed by atoms with van der Waals surface area (Å²) in [4.78, 5) is 12.1. The van der Waals surface area contributed by atoms with E-state index in [4.69, 9.17) is 14.7 Å². The van der Waals surface area contributed by atoms with E-state index in [9.17, 15) is 0 Å². The highest BCUT2D eigenvalue weighted by molar-refractivity contribution is 7.18. The zero-order valence-electron chi connectivity index (χ0n) is 17.0. The molecule has 2 aromatic heterocycles. The third-order valence-electron chi connectivity index (χ3n) is 5.16. The predicted octanol–water partition coefficient (Wildman–Crippen LogP) is 5.56. The fraction of sp³-hybridized carbons (Fsp3) is 0.250. The lowest BCUT2D eigenvalue weighted by atomic mass is 10.1. The molecule has 5 heteroatoms. The average molecular weight is 404 g/mol. The molecule has 4 aromatic rings. The van der Waals surface area contributed by atoms with Crippen LogP contribution in [0.5, 0.6) is 5.75 Å². The van der Waals surface area contributed by atoms with Crippen LogP contribution in [0.2, 0.25) is 0 Å². The smallest absolute Gasteiger partial charge is 0.138 e. The van der Waals surface area contributed by atoms with Gasteiger partial charge in [0, 0.05) is 17.8 Å². The van der Waals surface area contributed by atoms with Crippen molar-refractivity contribution in [1.82, 2.24) is 9.97 Å². The van der Waals surface area contributed by atoms with E-state index >= 15 is 0 Å². The van der Waals surface area contributed by atoms with Crippen LogP contribution in [0.3, 0.4) is 0 Å². The standard InChI is InChI=1S/C24H25N3OS/c1-16-17(2)29-24-22(16)23(25-14-13-19-11-7-8-12-20(19)28-3)26-21(27-24)15-18-9-5-4-6-10-18/h4-12H,13-15H2,1-3H3,(H,25,26,27). The molecule has 0 radical (unpaired) electrons. The first-order valence-electron chi connectivity index (χ1n) is 9.82. The first kappa shape index (κ1) is 19.4. The number of benzene rings is 2. The van der Waals surface area contributed by atoms with Crippen LogP contribution in [0.1, 0.15) is 27.4 Å². The van der Waals surface area contributed by atoms with E-state index in [1.54, 1.807) is 18.4 Å². The molecule has 0 aliphatic heterocycles. The minimum atomic E-state index is 0.730. The molecular formula is C24H25N3OS. The molecule has 4 rings (SSSR count). The largest absolute Gasteiger partial charge is 0.496 e. The highest BCUT2D eigenvalue weighted by Gasteiger charge is 2.15. The molecule has 0 spiro atoms. The van der Waals surface area contributed by atoms with Gasteiger partial charge in [-0.2, -0.15) is 0 Å². The molecule has 0 saturated heterocycles. The summed E-state index contributed by atoms with van der Waals surface area (Å²) in [7, 11) is 1.72. The Balaban J connectivity index is 1.61. The Morgan fingerprint density at radius 3 is 2.52 bits per heavy atom. The van der Waals surface area contributed by atoms with Crippen molar-refractivity contribution in [3.63, 3.8) is 0 Å². The maximum atomic E-state index is 5.47. The Labute approximate surface area is 175 Å². The zero-order chi connectivity index (χ0) is 20.2. The molecular weight excluding hydrogens is 378 g/mol. The number of nitrogens with one attached hydrogen (secondary N) is 1. The van der Waals surface area contributed by atoms with Gasteiger partial charge in [0.15, 0.2) is 0 Å². The van der Waals surface area contributed by atoms with Crippen molar-refractivity contribution in [2.75, 3.05) is 19.0 Å². The second-order valence-electron chi connectivity index (χ2n) is 7.10. The van der Waals surface area contributed by atoms with Gasteiger partial charge in [-0.1, -0.05) is 48.5 Å². The number of methoxy groups -OCH3 is 1. The minimum Gasteiger partial charge on any atom is -0.496 e. The first-order valence-corrected chi connectivity index (χ1v) is 10.6. The van der Waals surface area contributed by atoms with Crippen molar-refractivity contribution >= 4 is 27.4 Å². The molecule has 1 N–H and O–H groups in total.